The van der Waals surface area contributed by atoms with Crippen molar-refractivity contribution in [2.24, 2.45) is 23.0 Å². The van der Waals surface area contributed by atoms with Crippen LogP contribution in [0.25, 0.3) is 0 Å². The number of hydrogen-bond donors (Lipinski definition) is 5. The number of benzene rings is 1. The number of carbonyl (C=O) groups excluding carboxylic acids is 1. The Morgan fingerprint density at radius 1 is 1.00 bits per heavy atom. The largest absolute Gasteiger partial charge is 0.487 e. The summed E-state index contributed by atoms with van der Waals surface area (Å²) in [5, 5.41) is 10.2. The average Bonchev–Trinajstić information content (AvgIpc) is 2.82. The topological polar surface area (TPSA) is 171 Å². The van der Waals surface area contributed by atoms with E-state index in [0.29, 0.717) is 24.4 Å². The van der Waals surface area contributed by atoms with Crippen molar-refractivity contribution in [1.29, 1.82) is 0 Å². The second-order valence-corrected chi connectivity index (χ2v) is 7.97. The zero-order valence-corrected chi connectivity index (χ0v) is 20.9. The number of aliphatic carboxylic acids is 1. The predicted octanol–water partition coefficient (Wildman–Crippen LogP) is 3.02. The molecular weight excluding hydrogens is 434 g/mol. The van der Waals surface area contributed by atoms with Crippen molar-refractivity contribution >= 4 is 11.9 Å². The number of primary amides is 1. The Morgan fingerprint density at radius 3 is 2.03 bits per heavy atom. The van der Waals surface area contributed by atoms with Crippen LogP contribution in [0, 0.1) is 0 Å². The molecule has 1 aromatic carbocycles. The summed E-state index contributed by atoms with van der Waals surface area (Å²) < 4.78 is 5.76. The van der Waals surface area contributed by atoms with Gasteiger partial charge in [0.2, 0.25) is 5.91 Å². The number of carboxylic acids is 1. The lowest BCUT2D eigenvalue weighted by molar-refractivity contribution is -0.137. The minimum atomic E-state index is -0.715. The summed E-state index contributed by atoms with van der Waals surface area (Å²) in [6.45, 7) is 4.94. The van der Waals surface area contributed by atoms with Crippen LogP contribution >= 0.6 is 0 Å². The second-order valence-electron chi connectivity index (χ2n) is 7.97. The highest BCUT2D eigenvalue weighted by atomic mass is 16.5. The molecule has 1 rings (SSSR count). The molecule has 194 valence electrons. The molecule has 1 atom stereocenters. The Morgan fingerprint density at radius 2 is 1.53 bits per heavy atom. The van der Waals surface area contributed by atoms with E-state index in [1.54, 1.807) is 17.1 Å². The molecule has 0 aliphatic heterocycles. The molecule has 0 bridgehead atoms. The molecule has 0 aliphatic rings. The van der Waals surface area contributed by atoms with Crippen LogP contribution in [0.5, 0.6) is 5.75 Å². The van der Waals surface area contributed by atoms with Crippen molar-refractivity contribution in [3.05, 3.63) is 41.7 Å². The lowest BCUT2D eigenvalue weighted by Gasteiger charge is -2.22. The minimum Gasteiger partial charge on any atom is -0.487 e. The number of carboxylic acid groups (broad SMARTS) is 1. The molecule has 9 nitrogen and oxygen atoms in total. The number of nitrogens with two attached hydrogens (primary N) is 4. The molecule has 0 aliphatic carbocycles. The smallest absolute Gasteiger partial charge is 0.303 e. The quantitative estimate of drug-likeness (QED) is 0.121. The number of rotatable bonds is 18. The Labute approximate surface area is 204 Å². The van der Waals surface area contributed by atoms with Gasteiger partial charge in [-0.25, -0.2) is 5.84 Å². The fraction of sp³-hybridized carbons (Fsp3) is 0.600. The van der Waals surface area contributed by atoms with Gasteiger partial charge in [0.05, 0.1) is 11.7 Å². The van der Waals surface area contributed by atoms with Crippen LogP contribution in [-0.2, 0) is 16.0 Å². The summed E-state index contributed by atoms with van der Waals surface area (Å²) in [4.78, 5) is 21.5. The van der Waals surface area contributed by atoms with Crippen molar-refractivity contribution in [2.45, 2.75) is 84.1 Å². The molecule has 0 spiro atoms. The summed E-state index contributed by atoms with van der Waals surface area (Å²) in [6, 6.07) is 6.59. The summed E-state index contributed by atoms with van der Waals surface area (Å²) in [6.07, 6.45) is 10.4. The zero-order chi connectivity index (χ0) is 25.8. The van der Waals surface area contributed by atoms with Gasteiger partial charge >= 0.3 is 5.97 Å². The fourth-order valence-electron chi connectivity index (χ4n) is 3.22. The Balaban J connectivity index is 0.00000529. The Kier molecular flexibility index (Phi) is 18.1. The lowest BCUT2D eigenvalue weighted by atomic mass is 10.1. The SMILES string of the molecule is CC.N/C=C(/COc1ccc(CC(N)C(N)=O)cc1)N(N)CCCCCCCCCCC(=O)O. The summed E-state index contributed by atoms with van der Waals surface area (Å²) in [5.74, 6) is 5.54. The van der Waals surface area contributed by atoms with Gasteiger partial charge < -0.3 is 32.1 Å². The summed E-state index contributed by atoms with van der Waals surface area (Å²) >= 11 is 0. The third-order valence-corrected chi connectivity index (χ3v) is 5.23. The maximum absolute atomic E-state index is 11.1. The zero-order valence-electron chi connectivity index (χ0n) is 20.9. The highest BCUT2D eigenvalue weighted by Gasteiger charge is 2.10. The third-order valence-electron chi connectivity index (χ3n) is 5.23. The van der Waals surface area contributed by atoms with Crippen molar-refractivity contribution < 1.29 is 19.4 Å². The van der Waals surface area contributed by atoms with Crippen LogP contribution in [0.3, 0.4) is 0 Å². The molecule has 0 aromatic heterocycles. The van der Waals surface area contributed by atoms with E-state index in [-0.39, 0.29) is 13.0 Å². The molecule has 0 radical (unpaired) electrons. The van der Waals surface area contributed by atoms with E-state index in [0.717, 1.165) is 56.9 Å². The number of ether oxygens (including phenoxy) is 1. The number of hydrazine groups is 1. The molecule has 1 amide bonds. The van der Waals surface area contributed by atoms with Crippen LogP contribution < -0.4 is 27.8 Å². The first-order valence-corrected chi connectivity index (χ1v) is 12.2. The lowest BCUT2D eigenvalue weighted by Crippen LogP contribution is -2.38. The number of carbonyl (C=O) groups is 2. The fourth-order valence-corrected chi connectivity index (χ4v) is 3.22. The van der Waals surface area contributed by atoms with Crippen LogP contribution in [0.15, 0.2) is 36.2 Å². The molecule has 1 aromatic rings. The van der Waals surface area contributed by atoms with Crippen LogP contribution in [0.1, 0.15) is 77.2 Å². The summed E-state index contributed by atoms with van der Waals surface area (Å²) in [5.41, 5.74) is 18.2. The Bertz CT molecular complexity index is 710. The van der Waals surface area contributed by atoms with E-state index >= 15 is 0 Å². The van der Waals surface area contributed by atoms with Gasteiger partial charge in [0.15, 0.2) is 0 Å². The monoisotopic (exact) mass is 479 g/mol. The van der Waals surface area contributed by atoms with Gasteiger partial charge in [-0.3, -0.25) is 9.59 Å². The summed E-state index contributed by atoms with van der Waals surface area (Å²) in [7, 11) is 0. The molecule has 0 heterocycles. The number of amides is 1. The van der Waals surface area contributed by atoms with Crippen molar-refractivity contribution in [3.63, 3.8) is 0 Å². The highest BCUT2D eigenvalue weighted by molar-refractivity contribution is 5.79. The highest BCUT2D eigenvalue weighted by Crippen LogP contribution is 2.15. The molecular formula is C25H45N5O4. The minimum absolute atomic E-state index is 0.253. The van der Waals surface area contributed by atoms with E-state index in [2.05, 4.69) is 0 Å². The number of unbranched alkanes of at least 4 members (excludes halogenated alkanes) is 7. The normalized spacial score (nSPS) is 11.8. The molecule has 1 unspecified atom stereocenters. The number of hydrogen-bond acceptors (Lipinski definition) is 7. The molecule has 34 heavy (non-hydrogen) atoms. The molecule has 0 saturated carbocycles. The van der Waals surface area contributed by atoms with E-state index < -0.39 is 17.9 Å². The molecule has 0 fully saturated rings. The van der Waals surface area contributed by atoms with Gasteiger partial charge in [0.25, 0.3) is 0 Å². The van der Waals surface area contributed by atoms with E-state index in [1.807, 2.05) is 26.0 Å². The van der Waals surface area contributed by atoms with Crippen molar-refractivity contribution in [2.75, 3.05) is 13.2 Å². The number of nitrogens with zero attached hydrogens (tertiary/aromatic N) is 1. The standard InChI is InChI=1S/C23H39N5O4.C2H6/c24-16-19(17-32-20-12-10-18(11-13-20)15-21(25)23(26)31)28(27)14-8-6-4-2-1-3-5-7-9-22(29)30;1-2/h10-13,16,21H,1-9,14-15,17,24-25,27H2,(H2,26,31)(H,29,30);1-2H3/b19-16-;. The van der Waals surface area contributed by atoms with Gasteiger partial charge in [-0.05, 0) is 37.0 Å². The van der Waals surface area contributed by atoms with Crippen LogP contribution in [0.4, 0.5) is 0 Å². The van der Waals surface area contributed by atoms with E-state index in [4.69, 9.17) is 32.9 Å². The maximum Gasteiger partial charge on any atom is 0.303 e. The Hall–Kier alpha value is -2.78. The first-order valence-electron chi connectivity index (χ1n) is 12.2. The van der Waals surface area contributed by atoms with E-state index in [9.17, 15) is 9.59 Å². The van der Waals surface area contributed by atoms with Gasteiger partial charge in [-0.15, -0.1) is 0 Å². The third kappa shape index (κ3) is 15.1. The molecule has 0 saturated heterocycles. The van der Waals surface area contributed by atoms with E-state index in [1.165, 1.54) is 6.20 Å². The average molecular weight is 480 g/mol. The van der Waals surface area contributed by atoms with Crippen LogP contribution in [0.2, 0.25) is 0 Å². The predicted molar refractivity (Wildman–Crippen MR) is 137 cm³/mol. The van der Waals surface area contributed by atoms with Gasteiger partial charge in [0, 0.05) is 19.2 Å². The van der Waals surface area contributed by atoms with Gasteiger partial charge in [-0.2, -0.15) is 0 Å². The van der Waals surface area contributed by atoms with Crippen molar-refractivity contribution in [1.82, 2.24) is 5.01 Å². The van der Waals surface area contributed by atoms with Crippen LogP contribution in [-0.4, -0.2) is 41.2 Å². The molecule has 9 N–H and O–H groups in total. The molecule has 9 heteroatoms. The maximum atomic E-state index is 11.1. The van der Waals surface area contributed by atoms with Crippen molar-refractivity contribution in [3.8, 4) is 5.75 Å². The first kappa shape index (κ1) is 31.2. The van der Waals surface area contributed by atoms with Gasteiger partial charge in [0.1, 0.15) is 12.4 Å². The second kappa shape index (κ2) is 19.7. The van der Waals surface area contributed by atoms with Gasteiger partial charge in [-0.1, -0.05) is 64.5 Å². The first-order chi connectivity index (χ1) is 16.3.